The van der Waals surface area contributed by atoms with Crippen molar-refractivity contribution in [3.63, 3.8) is 0 Å². The molecule has 0 spiro atoms. The van der Waals surface area contributed by atoms with Crippen LogP contribution in [-0.4, -0.2) is 6.54 Å². The van der Waals surface area contributed by atoms with E-state index >= 15 is 0 Å². The molecule has 1 saturated carbocycles. The van der Waals surface area contributed by atoms with E-state index in [-0.39, 0.29) is 11.9 Å². The summed E-state index contributed by atoms with van der Waals surface area (Å²) < 4.78 is 13.8. The van der Waals surface area contributed by atoms with Crippen LogP contribution >= 0.6 is 0 Å². The molecular formula is C17H26FN. The Morgan fingerprint density at radius 3 is 2.53 bits per heavy atom. The van der Waals surface area contributed by atoms with Gasteiger partial charge in [-0.05, 0) is 30.7 Å². The molecule has 1 aromatic carbocycles. The molecule has 0 bridgehead atoms. The van der Waals surface area contributed by atoms with Gasteiger partial charge >= 0.3 is 0 Å². The average Bonchev–Trinajstić information content (AvgIpc) is 2.42. The molecular weight excluding hydrogens is 237 g/mol. The van der Waals surface area contributed by atoms with Crippen molar-refractivity contribution in [2.24, 2.45) is 5.41 Å². The second-order valence-electron chi connectivity index (χ2n) is 6.23. The highest BCUT2D eigenvalue weighted by Crippen LogP contribution is 2.35. The first-order chi connectivity index (χ1) is 9.14. The average molecular weight is 263 g/mol. The summed E-state index contributed by atoms with van der Waals surface area (Å²) in [6.45, 7) is 5.49. The van der Waals surface area contributed by atoms with Crippen LogP contribution in [0.25, 0.3) is 0 Å². The normalized spacial score (nSPS) is 20.2. The van der Waals surface area contributed by atoms with Crippen LogP contribution in [0.4, 0.5) is 4.39 Å². The van der Waals surface area contributed by atoms with Crippen molar-refractivity contribution in [2.45, 2.75) is 58.4 Å². The molecule has 0 aliphatic heterocycles. The summed E-state index contributed by atoms with van der Waals surface area (Å²) in [7, 11) is 0. The zero-order valence-corrected chi connectivity index (χ0v) is 12.2. The Balaban J connectivity index is 1.98. The van der Waals surface area contributed by atoms with Crippen molar-refractivity contribution in [3.05, 3.63) is 35.6 Å². The van der Waals surface area contributed by atoms with Gasteiger partial charge in [-0.2, -0.15) is 0 Å². The molecule has 1 atom stereocenters. The highest BCUT2D eigenvalue weighted by Gasteiger charge is 2.27. The van der Waals surface area contributed by atoms with Gasteiger partial charge in [0.05, 0.1) is 0 Å². The van der Waals surface area contributed by atoms with Crippen molar-refractivity contribution >= 4 is 0 Å². The van der Waals surface area contributed by atoms with Crippen LogP contribution in [0.1, 0.15) is 64.0 Å². The van der Waals surface area contributed by atoms with E-state index in [0.29, 0.717) is 5.41 Å². The molecule has 1 aromatic rings. The van der Waals surface area contributed by atoms with Gasteiger partial charge < -0.3 is 5.32 Å². The maximum Gasteiger partial charge on any atom is 0.127 e. The molecule has 0 radical (unpaired) electrons. The number of benzene rings is 1. The Labute approximate surface area is 116 Å². The fraction of sp³-hybridized carbons (Fsp3) is 0.647. The lowest BCUT2D eigenvalue weighted by molar-refractivity contribution is 0.199. The molecule has 1 unspecified atom stereocenters. The van der Waals surface area contributed by atoms with Crippen LogP contribution in [0.5, 0.6) is 0 Å². The first-order valence-corrected chi connectivity index (χ1v) is 7.62. The lowest BCUT2D eigenvalue weighted by Crippen LogP contribution is -2.35. The van der Waals surface area contributed by atoms with Gasteiger partial charge in [0.1, 0.15) is 5.82 Å². The van der Waals surface area contributed by atoms with Crippen LogP contribution in [0.2, 0.25) is 0 Å². The largest absolute Gasteiger partial charge is 0.309 e. The van der Waals surface area contributed by atoms with E-state index < -0.39 is 0 Å². The fourth-order valence-electron chi connectivity index (χ4n) is 3.18. The summed E-state index contributed by atoms with van der Waals surface area (Å²) in [5.41, 5.74) is 1.21. The Morgan fingerprint density at radius 2 is 1.89 bits per heavy atom. The second-order valence-corrected chi connectivity index (χ2v) is 6.23. The summed E-state index contributed by atoms with van der Waals surface area (Å²) in [6.07, 6.45) is 7.59. The Kier molecular flexibility index (Phi) is 4.98. The van der Waals surface area contributed by atoms with E-state index in [2.05, 4.69) is 19.2 Å². The molecule has 0 heterocycles. The Hall–Kier alpha value is -0.890. The van der Waals surface area contributed by atoms with Gasteiger partial charge in [-0.1, -0.05) is 51.3 Å². The lowest BCUT2D eigenvalue weighted by Gasteiger charge is -2.35. The lowest BCUT2D eigenvalue weighted by atomic mass is 9.75. The van der Waals surface area contributed by atoms with Crippen LogP contribution in [-0.2, 0) is 0 Å². The number of rotatable bonds is 5. The number of hydrogen-bond donors (Lipinski definition) is 1. The first-order valence-electron chi connectivity index (χ1n) is 7.62. The van der Waals surface area contributed by atoms with Gasteiger partial charge in [0.2, 0.25) is 0 Å². The minimum absolute atomic E-state index is 0.0874. The van der Waals surface area contributed by atoms with Crippen LogP contribution in [0, 0.1) is 11.2 Å². The van der Waals surface area contributed by atoms with Gasteiger partial charge in [0.15, 0.2) is 0 Å². The van der Waals surface area contributed by atoms with Crippen molar-refractivity contribution in [1.82, 2.24) is 5.32 Å². The van der Waals surface area contributed by atoms with Crippen molar-refractivity contribution < 1.29 is 4.39 Å². The standard InChI is InChI=1S/C17H26FN/c1-3-16(14-9-5-6-10-15(14)18)19-13-17(2)11-7-4-8-12-17/h5-6,9-10,16,19H,3-4,7-8,11-13H2,1-2H3. The third-order valence-electron chi connectivity index (χ3n) is 4.52. The smallest absolute Gasteiger partial charge is 0.127 e. The van der Waals surface area contributed by atoms with E-state index in [1.165, 1.54) is 32.1 Å². The van der Waals surface area contributed by atoms with E-state index in [1.54, 1.807) is 12.1 Å². The SMILES string of the molecule is CCC(NCC1(C)CCCCC1)c1ccccc1F. The Morgan fingerprint density at radius 1 is 1.21 bits per heavy atom. The highest BCUT2D eigenvalue weighted by atomic mass is 19.1. The topological polar surface area (TPSA) is 12.0 Å². The quantitative estimate of drug-likeness (QED) is 0.801. The predicted octanol–water partition coefficient (Wildman–Crippen LogP) is 4.84. The molecule has 1 aliphatic rings. The molecule has 106 valence electrons. The molecule has 2 rings (SSSR count). The number of halogens is 1. The second kappa shape index (κ2) is 6.51. The van der Waals surface area contributed by atoms with Gasteiger partial charge in [-0.3, -0.25) is 0 Å². The van der Waals surface area contributed by atoms with Gasteiger partial charge in [-0.15, -0.1) is 0 Å². The molecule has 1 aliphatic carbocycles. The summed E-state index contributed by atoms with van der Waals surface area (Å²) in [4.78, 5) is 0. The van der Waals surface area contributed by atoms with Crippen LogP contribution in [0.3, 0.4) is 0 Å². The molecule has 1 N–H and O–H groups in total. The molecule has 1 fully saturated rings. The predicted molar refractivity (Wildman–Crippen MR) is 78.6 cm³/mol. The minimum Gasteiger partial charge on any atom is -0.309 e. The highest BCUT2D eigenvalue weighted by molar-refractivity contribution is 5.21. The third-order valence-corrected chi connectivity index (χ3v) is 4.52. The minimum atomic E-state index is -0.0874. The van der Waals surface area contributed by atoms with Crippen LogP contribution in [0.15, 0.2) is 24.3 Å². The van der Waals surface area contributed by atoms with Gasteiger partial charge in [0.25, 0.3) is 0 Å². The summed E-state index contributed by atoms with van der Waals surface area (Å²) in [6, 6.07) is 7.28. The van der Waals surface area contributed by atoms with Crippen molar-refractivity contribution in [3.8, 4) is 0 Å². The summed E-state index contributed by atoms with van der Waals surface area (Å²) in [5, 5.41) is 3.60. The van der Waals surface area contributed by atoms with E-state index in [4.69, 9.17) is 0 Å². The zero-order valence-electron chi connectivity index (χ0n) is 12.2. The van der Waals surface area contributed by atoms with E-state index in [9.17, 15) is 4.39 Å². The molecule has 0 amide bonds. The summed E-state index contributed by atoms with van der Waals surface area (Å²) >= 11 is 0. The molecule has 0 saturated heterocycles. The van der Waals surface area contributed by atoms with Gasteiger partial charge in [-0.25, -0.2) is 4.39 Å². The number of nitrogens with one attached hydrogen (secondary N) is 1. The van der Waals surface area contributed by atoms with Crippen molar-refractivity contribution in [2.75, 3.05) is 6.54 Å². The first kappa shape index (κ1) is 14.5. The fourth-order valence-corrected chi connectivity index (χ4v) is 3.18. The van der Waals surface area contributed by atoms with Gasteiger partial charge in [0, 0.05) is 18.2 Å². The number of hydrogen-bond acceptors (Lipinski definition) is 1. The Bertz CT molecular complexity index is 396. The van der Waals surface area contributed by atoms with Crippen LogP contribution < -0.4 is 5.32 Å². The summed E-state index contributed by atoms with van der Waals surface area (Å²) in [5.74, 6) is -0.0874. The maximum absolute atomic E-state index is 13.8. The monoisotopic (exact) mass is 263 g/mol. The molecule has 0 aromatic heterocycles. The van der Waals surface area contributed by atoms with Crippen molar-refractivity contribution in [1.29, 1.82) is 0 Å². The third kappa shape index (κ3) is 3.79. The van der Waals surface area contributed by atoms with E-state index in [0.717, 1.165) is 18.5 Å². The zero-order chi connectivity index (χ0) is 13.7. The molecule has 19 heavy (non-hydrogen) atoms. The maximum atomic E-state index is 13.8. The molecule has 1 nitrogen and oxygen atoms in total. The van der Waals surface area contributed by atoms with E-state index in [1.807, 2.05) is 12.1 Å². The molecule has 2 heteroatoms.